The Kier molecular flexibility index (Phi) is 8.45. The van der Waals surface area contributed by atoms with Crippen LogP contribution in [0.25, 0.3) is 86.3 Å². The predicted octanol–water partition coefficient (Wildman–Crippen LogP) is 13.3. The molecule has 13 rings (SSSR count). The van der Waals surface area contributed by atoms with Crippen LogP contribution >= 0.6 is 11.3 Å². The normalized spacial score (nSPS) is 12.1. The highest BCUT2D eigenvalue weighted by molar-refractivity contribution is 7.25. The molecule has 0 saturated heterocycles. The van der Waals surface area contributed by atoms with Crippen molar-refractivity contribution < 1.29 is 0 Å². The summed E-state index contributed by atoms with van der Waals surface area (Å²) in [5.41, 5.74) is 9.56. The summed E-state index contributed by atoms with van der Waals surface area (Å²) >= 11 is 1.87. The SMILES string of the molecule is c1ccc([Si](c2ccccc2)(c2ccccc2)c2ccc(-n3c4ccccc4c4cc(-n5c6ccccc6c6cccc(-c7ccc8sc9ccccc9c8c7)c65)ccc43)cc2)cc1. The van der Waals surface area contributed by atoms with Crippen LogP contribution in [-0.2, 0) is 0 Å². The number of benzene rings is 10. The molecule has 0 atom stereocenters. The predicted molar refractivity (Wildman–Crippen MR) is 277 cm³/mol. The number of para-hydroxylation sites is 3. The summed E-state index contributed by atoms with van der Waals surface area (Å²) in [5.74, 6) is 0. The minimum absolute atomic E-state index is 1.15. The Morgan fingerprint density at radius 1 is 0.297 bits per heavy atom. The molecule has 64 heavy (non-hydrogen) atoms. The lowest BCUT2D eigenvalue weighted by atomic mass is 10.00. The van der Waals surface area contributed by atoms with Crippen LogP contribution in [0, 0.1) is 0 Å². The Morgan fingerprint density at radius 2 is 0.797 bits per heavy atom. The number of thiophene rings is 1. The van der Waals surface area contributed by atoms with Gasteiger partial charge in [-0.3, -0.25) is 0 Å². The van der Waals surface area contributed by atoms with Crippen LogP contribution < -0.4 is 20.7 Å². The monoisotopic (exact) mass is 848 g/mol. The second-order valence-corrected chi connectivity index (χ2v) is 21.7. The van der Waals surface area contributed by atoms with Crippen molar-refractivity contribution >= 4 is 104 Å². The van der Waals surface area contributed by atoms with E-state index in [1.54, 1.807) is 0 Å². The van der Waals surface area contributed by atoms with Crippen LogP contribution in [0.5, 0.6) is 0 Å². The van der Waals surface area contributed by atoms with E-state index in [-0.39, 0.29) is 0 Å². The van der Waals surface area contributed by atoms with Crippen molar-refractivity contribution in [3.8, 4) is 22.5 Å². The standard InChI is InChI=1S/C60H40N2SSi/c1-4-17-44(18-5-1)64(45-19-6-2-7-20-45,46-21-8-3-9-22-46)47-35-32-42(33-36-47)61-55-28-13-11-24-50(55)53-40-43(34-37-57(53)61)62-56-29-14-10-23-49(56)52-27-16-26-48(60(52)62)41-31-38-59-54(39-41)51-25-12-15-30-58(51)63-59/h1-40H. The van der Waals surface area contributed by atoms with E-state index in [0.29, 0.717) is 0 Å². The van der Waals surface area contributed by atoms with Gasteiger partial charge in [0.25, 0.3) is 0 Å². The van der Waals surface area contributed by atoms with Crippen LogP contribution in [0.4, 0.5) is 0 Å². The molecule has 4 heteroatoms. The summed E-state index contributed by atoms with van der Waals surface area (Å²) in [6.07, 6.45) is 0. The number of fused-ring (bicyclic) bond motifs is 9. The van der Waals surface area contributed by atoms with Crippen molar-refractivity contribution in [2.45, 2.75) is 0 Å². The molecule has 3 heterocycles. The van der Waals surface area contributed by atoms with Gasteiger partial charge in [-0.25, -0.2) is 0 Å². The maximum atomic E-state index is 2.50. The Bertz CT molecular complexity index is 3790. The number of hydrogen-bond donors (Lipinski definition) is 0. The molecule has 0 saturated carbocycles. The van der Waals surface area contributed by atoms with Crippen molar-refractivity contribution in [2.24, 2.45) is 0 Å². The highest BCUT2D eigenvalue weighted by Gasteiger charge is 2.41. The molecule has 2 nitrogen and oxygen atoms in total. The molecular formula is C60H40N2SSi. The van der Waals surface area contributed by atoms with Crippen molar-refractivity contribution in [1.82, 2.24) is 9.13 Å². The Balaban J connectivity index is 1.000. The van der Waals surface area contributed by atoms with E-state index in [2.05, 4.69) is 252 Å². The van der Waals surface area contributed by atoms with E-state index in [0.717, 1.165) is 11.4 Å². The molecule has 0 aliphatic rings. The Labute approximate surface area is 376 Å². The summed E-state index contributed by atoms with van der Waals surface area (Å²) in [5, 5.41) is 13.1. The molecule has 0 aliphatic heterocycles. The molecule has 0 N–H and O–H groups in total. The molecule has 3 aromatic heterocycles. The molecule has 10 aromatic carbocycles. The molecule has 13 aromatic rings. The second-order valence-electron chi connectivity index (χ2n) is 16.8. The lowest BCUT2D eigenvalue weighted by Crippen LogP contribution is -2.74. The van der Waals surface area contributed by atoms with Gasteiger partial charge in [-0.2, -0.15) is 0 Å². The summed E-state index contributed by atoms with van der Waals surface area (Å²) < 4.78 is 7.59. The van der Waals surface area contributed by atoms with Gasteiger partial charge in [0.2, 0.25) is 0 Å². The van der Waals surface area contributed by atoms with E-state index < -0.39 is 8.07 Å². The first-order chi connectivity index (χ1) is 31.8. The number of rotatable bonds is 7. The zero-order valence-corrected chi connectivity index (χ0v) is 36.7. The lowest BCUT2D eigenvalue weighted by molar-refractivity contribution is 1.17. The molecule has 0 spiro atoms. The summed E-state index contributed by atoms with van der Waals surface area (Å²) in [6.45, 7) is 0. The van der Waals surface area contributed by atoms with Crippen molar-refractivity contribution in [3.05, 3.63) is 243 Å². The Hall–Kier alpha value is -7.76. The fourth-order valence-electron chi connectivity index (χ4n) is 10.7. The fraction of sp³-hybridized carbons (Fsp3) is 0. The van der Waals surface area contributed by atoms with E-state index in [4.69, 9.17) is 0 Å². The molecule has 0 amide bonds. The van der Waals surface area contributed by atoms with Gasteiger partial charge < -0.3 is 9.13 Å². The zero-order valence-electron chi connectivity index (χ0n) is 34.9. The average Bonchev–Trinajstić information content (AvgIpc) is 4.03. The van der Waals surface area contributed by atoms with E-state index >= 15 is 0 Å². The molecular weight excluding hydrogens is 809 g/mol. The van der Waals surface area contributed by atoms with Crippen molar-refractivity contribution in [1.29, 1.82) is 0 Å². The number of aromatic nitrogens is 2. The maximum absolute atomic E-state index is 2.66. The largest absolute Gasteiger partial charge is 0.309 e. The van der Waals surface area contributed by atoms with Gasteiger partial charge in [-0.1, -0.05) is 182 Å². The smallest absolute Gasteiger partial charge is 0.179 e. The number of hydrogen-bond acceptors (Lipinski definition) is 1. The van der Waals surface area contributed by atoms with E-state index in [9.17, 15) is 0 Å². The van der Waals surface area contributed by atoms with Gasteiger partial charge in [0, 0.05) is 58.7 Å². The van der Waals surface area contributed by atoms with Gasteiger partial charge in [0.1, 0.15) is 0 Å². The first-order valence-corrected chi connectivity index (χ1v) is 24.8. The van der Waals surface area contributed by atoms with Gasteiger partial charge in [0.05, 0.1) is 22.1 Å². The summed E-state index contributed by atoms with van der Waals surface area (Å²) in [7, 11) is -2.66. The van der Waals surface area contributed by atoms with Crippen molar-refractivity contribution in [2.75, 3.05) is 0 Å². The average molecular weight is 849 g/mol. The molecule has 0 aliphatic carbocycles. The summed E-state index contributed by atoms with van der Waals surface area (Å²) in [6, 6.07) is 90.4. The van der Waals surface area contributed by atoms with Gasteiger partial charge in [0.15, 0.2) is 8.07 Å². The molecule has 0 fully saturated rings. The van der Waals surface area contributed by atoms with E-state index in [1.165, 1.54) is 95.7 Å². The van der Waals surface area contributed by atoms with Crippen molar-refractivity contribution in [3.63, 3.8) is 0 Å². The van der Waals surface area contributed by atoms with Crippen LogP contribution in [0.1, 0.15) is 0 Å². The third kappa shape index (κ3) is 5.50. The van der Waals surface area contributed by atoms with Gasteiger partial charge in [-0.15, -0.1) is 11.3 Å². The third-order valence-electron chi connectivity index (χ3n) is 13.5. The molecule has 300 valence electrons. The third-order valence-corrected chi connectivity index (χ3v) is 19.4. The highest BCUT2D eigenvalue weighted by atomic mass is 32.1. The fourth-order valence-corrected chi connectivity index (χ4v) is 16.5. The minimum atomic E-state index is -2.66. The number of nitrogens with zero attached hydrogens (tertiary/aromatic N) is 2. The minimum Gasteiger partial charge on any atom is -0.309 e. The Morgan fingerprint density at radius 3 is 1.47 bits per heavy atom. The quantitative estimate of drug-likeness (QED) is 0.112. The topological polar surface area (TPSA) is 9.86 Å². The van der Waals surface area contributed by atoms with E-state index in [1.807, 2.05) is 11.3 Å². The first kappa shape index (κ1) is 36.9. The van der Waals surface area contributed by atoms with Crippen LogP contribution in [0.3, 0.4) is 0 Å². The maximum Gasteiger partial charge on any atom is 0.179 e. The highest BCUT2D eigenvalue weighted by Crippen LogP contribution is 2.42. The summed E-state index contributed by atoms with van der Waals surface area (Å²) in [4.78, 5) is 0. The molecule has 0 radical (unpaired) electrons. The van der Waals surface area contributed by atoms with Crippen LogP contribution in [0.15, 0.2) is 243 Å². The zero-order chi connectivity index (χ0) is 42.2. The van der Waals surface area contributed by atoms with Gasteiger partial charge in [-0.05, 0) is 87.0 Å². The van der Waals surface area contributed by atoms with Crippen LogP contribution in [0.2, 0.25) is 0 Å². The van der Waals surface area contributed by atoms with Gasteiger partial charge >= 0.3 is 0 Å². The van der Waals surface area contributed by atoms with Crippen LogP contribution in [-0.4, -0.2) is 17.2 Å². The first-order valence-electron chi connectivity index (χ1n) is 22.0. The lowest BCUT2D eigenvalue weighted by Gasteiger charge is -2.34. The molecule has 0 unspecified atom stereocenters. The molecule has 0 bridgehead atoms. The second kappa shape index (κ2) is 14.7.